The molecule has 0 unspecified atom stereocenters. The summed E-state index contributed by atoms with van der Waals surface area (Å²) in [5, 5.41) is 12.0. The van der Waals surface area contributed by atoms with Crippen molar-refractivity contribution in [2.24, 2.45) is 0 Å². The Morgan fingerprint density at radius 3 is 2.41 bits per heavy atom. The van der Waals surface area contributed by atoms with Crippen LogP contribution >= 0.6 is 0 Å². The van der Waals surface area contributed by atoms with Crippen molar-refractivity contribution in [3.05, 3.63) is 90.3 Å². The maximum atomic E-state index is 13.0. The molecule has 0 bridgehead atoms. The highest BCUT2D eigenvalue weighted by Crippen LogP contribution is 2.36. The number of rotatable bonds is 5. The molecule has 6 nitrogen and oxygen atoms in total. The largest absolute Gasteiger partial charge is 0.511 e. The number of hydrogen-bond donors (Lipinski definition) is 2. The van der Waals surface area contributed by atoms with Crippen molar-refractivity contribution in [2.45, 2.75) is 13.1 Å². The fourth-order valence-electron chi connectivity index (χ4n) is 3.46. The van der Waals surface area contributed by atoms with Gasteiger partial charge in [-0.25, -0.2) is 14.8 Å². The lowest BCUT2D eigenvalue weighted by atomic mass is 9.98. The summed E-state index contributed by atoms with van der Waals surface area (Å²) in [5.41, 5.74) is 3.00. The fraction of sp³-hybridized carbons (Fsp3) is 0.0800. The summed E-state index contributed by atoms with van der Waals surface area (Å²) in [6.07, 6.45) is -4.99. The van der Waals surface area contributed by atoms with E-state index in [0.717, 1.165) is 23.4 Å². The Bertz CT molecular complexity index is 1340. The molecule has 3 aromatic carbocycles. The molecule has 1 aromatic heterocycles. The summed E-state index contributed by atoms with van der Waals surface area (Å²) in [6, 6.07) is 20.5. The summed E-state index contributed by atoms with van der Waals surface area (Å²) in [4.78, 5) is 18.7. The topological polar surface area (TPSA) is 84.3 Å². The van der Waals surface area contributed by atoms with Crippen LogP contribution in [0.3, 0.4) is 0 Å². The van der Waals surface area contributed by atoms with Crippen LogP contribution < -0.4 is 10.1 Å². The van der Waals surface area contributed by atoms with Gasteiger partial charge in [0.05, 0.1) is 0 Å². The third-order valence-electron chi connectivity index (χ3n) is 4.88. The Labute approximate surface area is 192 Å². The number of hydrogen-bond acceptors (Lipinski definition) is 5. The first kappa shape index (κ1) is 22.8. The van der Waals surface area contributed by atoms with E-state index in [0.29, 0.717) is 22.4 Å². The van der Waals surface area contributed by atoms with Gasteiger partial charge in [-0.05, 0) is 53.4 Å². The van der Waals surface area contributed by atoms with Crippen LogP contribution in [0.2, 0.25) is 0 Å². The first-order valence-corrected chi connectivity index (χ1v) is 10.1. The van der Waals surface area contributed by atoms with Crippen LogP contribution in [0.4, 0.5) is 29.6 Å². The first-order valence-electron chi connectivity index (χ1n) is 10.1. The van der Waals surface area contributed by atoms with E-state index in [4.69, 9.17) is 4.74 Å². The predicted molar refractivity (Wildman–Crippen MR) is 121 cm³/mol. The van der Waals surface area contributed by atoms with Crippen LogP contribution in [0, 0.1) is 6.92 Å². The van der Waals surface area contributed by atoms with E-state index in [9.17, 15) is 23.1 Å². The van der Waals surface area contributed by atoms with Gasteiger partial charge < -0.3 is 15.2 Å². The number of carbonyl (C=O) groups is 1. The van der Waals surface area contributed by atoms with Crippen molar-refractivity contribution in [2.75, 3.05) is 5.32 Å². The Kier molecular flexibility index (Phi) is 6.18. The quantitative estimate of drug-likeness (QED) is 0.245. The highest BCUT2D eigenvalue weighted by molar-refractivity contribution is 5.80. The number of halogens is 3. The number of benzene rings is 3. The minimum atomic E-state index is -4.59. The van der Waals surface area contributed by atoms with Crippen LogP contribution in [-0.2, 0) is 6.18 Å². The van der Waals surface area contributed by atoms with E-state index < -0.39 is 18.0 Å². The van der Waals surface area contributed by atoms with E-state index in [-0.39, 0.29) is 11.7 Å². The zero-order chi connectivity index (χ0) is 24.3. The third-order valence-corrected chi connectivity index (χ3v) is 4.88. The average molecular weight is 465 g/mol. The van der Waals surface area contributed by atoms with Gasteiger partial charge in [-0.15, -0.1) is 0 Å². The normalized spacial score (nSPS) is 11.2. The molecule has 0 radical (unpaired) electrons. The second-order valence-corrected chi connectivity index (χ2v) is 7.42. The van der Waals surface area contributed by atoms with Crippen molar-refractivity contribution in [1.82, 2.24) is 9.97 Å². The van der Waals surface area contributed by atoms with Gasteiger partial charge in [0.15, 0.2) is 0 Å². The van der Waals surface area contributed by atoms with Crippen molar-refractivity contribution in [3.8, 4) is 28.0 Å². The number of aromatic nitrogens is 2. The molecule has 0 fully saturated rings. The molecular weight excluding hydrogens is 447 g/mol. The predicted octanol–water partition coefficient (Wildman–Crippen LogP) is 6.94. The maximum absolute atomic E-state index is 13.0. The molecule has 0 saturated carbocycles. The number of carboxylic acid groups (broad SMARTS) is 1. The Hall–Kier alpha value is -4.40. The second-order valence-electron chi connectivity index (χ2n) is 7.42. The van der Waals surface area contributed by atoms with Crippen LogP contribution in [0.25, 0.3) is 22.3 Å². The SMILES string of the molecule is Cc1cc(Nc2nccc(C(F)(F)F)n2)cc(-c2ccc(-c3ccccc3)c(OC(=O)O)c2)c1. The lowest BCUT2D eigenvalue weighted by molar-refractivity contribution is -0.141. The maximum Gasteiger partial charge on any atom is 0.511 e. The standard InChI is InChI=1S/C25H18F3N3O3/c1-15-11-18(13-19(12-15)30-23-29-10-9-22(31-23)25(26,27)28)17-7-8-20(16-5-3-2-4-6-16)21(14-17)34-24(32)33/h2-14H,1H3,(H,32,33)(H,29,30,31). The van der Waals surface area contributed by atoms with Gasteiger partial charge in [-0.3, -0.25) is 0 Å². The van der Waals surface area contributed by atoms with Crippen LogP contribution in [0.5, 0.6) is 5.75 Å². The molecule has 4 rings (SSSR count). The molecule has 1 heterocycles. The number of anilines is 2. The third kappa shape index (κ3) is 5.32. The first-order chi connectivity index (χ1) is 16.2. The number of alkyl halides is 3. The molecule has 0 aliphatic carbocycles. The van der Waals surface area contributed by atoms with Gasteiger partial charge >= 0.3 is 12.3 Å². The lowest BCUT2D eigenvalue weighted by Crippen LogP contribution is -2.10. The van der Waals surface area contributed by atoms with Crippen LogP contribution in [0.1, 0.15) is 11.3 Å². The van der Waals surface area contributed by atoms with Gasteiger partial charge in [-0.1, -0.05) is 48.5 Å². The minimum Gasteiger partial charge on any atom is -0.449 e. The molecule has 0 saturated heterocycles. The molecule has 0 atom stereocenters. The summed E-state index contributed by atoms with van der Waals surface area (Å²) in [7, 11) is 0. The summed E-state index contributed by atoms with van der Waals surface area (Å²) < 4.78 is 43.9. The minimum absolute atomic E-state index is 0.161. The van der Waals surface area contributed by atoms with E-state index in [1.807, 2.05) is 49.4 Å². The van der Waals surface area contributed by atoms with Gasteiger partial charge in [0.25, 0.3) is 0 Å². The molecule has 2 N–H and O–H groups in total. The molecule has 9 heteroatoms. The number of nitrogens with zero attached hydrogens (tertiary/aromatic N) is 2. The monoisotopic (exact) mass is 465 g/mol. The molecule has 34 heavy (non-hydrogen) atoms. The lowest BCUT2D eigenvalue weighted by Gasteiger charge is -2.13. The zero-order valence-corrected chi connectivity index (χ0v) is 17.8. The Balaban J connectivity index is 1.71. The van der Waals surface area contributed by atoms with E-state index >= 15 is 0 Å². The van der Waals surface area contributed by atoms with Crippen LogP contribution in [0.15, 0.2) is 79.0 Å². The Morgan fingerprint density at radius 2 is 1.71 bits per heavy atom. The molecular formula is C25H18F3N3O3. The summed E-state index contributed by atoms with van der Waals surface area (Å²) >= 11 is 0. The number of ether oxygens (including phenoxy) is 1. The highest BCUT2D eigenvalue weighted by Gasteiger charge is 2.32. The molecule has 0 amide bonds. The number of aryl methyl sites for hydroxylation is 1. The van der Waals surface area contributed by atoms with Crippen molar-refractivity contribution in [3.63, 3.8) is 0 Å². The molecule has 0 aliphatic heterocycles. The van der Waals surface area contributed by atoms with Gasteiger partial charge in [-0.2, -0.15) is 13.2 Å². The molecule has 172 valence electrons. The van der Waals surface area contributed by atoms with Gasteiger partial charge in [0.1, 0.15) is 11.4 Å². The molecule has 4 aromatic rings. The van der Waals surface area contributed by atoms with Crippen molar-refractivity contribution < 1.29 is 27.8 Å². The van der Waals surface area contributed by atoms with E-state index in [2.05, 4.69) is 15.3 Å². The number of nitrogens with one attached hydrogen (secondary N) is 1. The van der Waals surface area contributed by atoms with Gasteiger partial charge in [0, 0.05) is 17.4 Å². The van der Waals surface area contributed by atoms with Crippen LogP contribution in [-0.4, -0.2) is 21.2 Å². The van der Waals surface area contributed by atoms with Crippen molar-refractivity contribution >= 4 is 17.8 Å². The fourth-order valence-corrected chi connectivity index (χ4v) is 3.46. The molecule has 0 aliphatic rings. The van der Waals surface area contributed by atoms with E-state index in [1.54, 1.807) is 24.3 Å². The highest BCUT2D eigenvalue weighted by atomic mass is 19.4. The molecule has 0 spiro atoms. The summed E-state index contributed by atoms with van der Waals surface area (Å²) in [6.45, 7) is 1.83. The summed E-state index contributed by atoms with van der Waals surface area (Å²) in [5.74, 6) is -0.0332. The smallest absolute Gasteiger partial charge is 0.449 e. The Morgan fingerprint density at radius 1 is 0.941 bits per heavy atom. The zero-order valence-electron chi connectivity index (χ0n) is 17.8. The second kappa shape index (κ2) is 9.22. The average Bonchev–Trinajstić information content (AvgIpc) is 2.78. The van der Waals surface area contributed by atoms with Crippen molar-refractivity contribution in [1.29, 1.82) is 0 Å². The van der Waals surface area contributed by atoms with E-state index in [1.165, 1.54) is 0 Å². The van der Waals surface area contributed by atoms with Gasteiger partial charge in [0.2, 0.25) is 5.95 Å².